The first kappa shape index (κ1) is 15.2. The normalized spacial score (nSPS) is 10.7. The minimum absolute atomic E-state index is 0.578. The van der Waals surface area contributed by atoms with E-state index in [0.717, 1.165) is 5.56 Å². The third kappa shape index (κ3) is 3.04. The van der Waals surface area contributed by atoms with Crippen LogP contribution in [0.15, 0.2) is 91.1 Å². The van der Waals surface area contributed by atoms with Gasteiger partial charge in [0.1, 0.15) is 5.82 Å². The van der Waals surface area contributed by atoms with Gasteiger partial charge < -0.3 is 10.3 Å². The van der Waals surface area contributed by atoms with E-state index in [2.05, 4.69) is 70.2 Å². The molecule has 4 aromatic rings. The Morgan fingerprint density at radius 2 is 1.24 bits per heavy atom. The molecule has 2 N–H and O–H groups in total. The van der Waals surface area contributed by atoms with Gasteiger partial charge in [-0.05, 0) is 29.3 Å². The number of hydrogen-bond acceptors (Lipinski definition) is 2. The number of nitrogens with zero attached hydrogens (tertiary/aromatic N) is 2. The van der Waals surface area contributed by atoms with E-state index in [1.54, 1.807) is 6.20 Å². The van der Waals surface area contributed by atoms with Crippen LogP contribution in [-0.2, 0) is 6.54 Å². The molecule has 0 saturated carbocycles. The first-order valence-electron chi connectivity index (χ1n) is 8.32. The SMILES string of the molecule is Nc1ncccc1Cn1c(-c2ccccc2)ccc1-c1ccccc1. The fraction of sp³-hybridized carbons (Fsp3) is 0.0455. The molecule has 25 heavy (non-hydrogen) atoms. The number of anilines is 1. The average molecular weight is 325 g/mol. The second-order valence-electron chi connectivity index (χ2n) is 5.97. The quantitative estimate of drug-likeness (QED) is 0.583. The Morgan fingerprint density at radius 3 is 1.76 bits per heavy atom. The van der Waals surface area contributed by atoms with Crippen LogP contribution in [0.1, 0.15) is 5.56 Å². The van der Waals surface area contributed by atoms with Crippen molar-refractivity contribution in [3.05, 3.63) is 96.7 Å². The maximum absolute atomic E-state index is 6.09. The zero-order valence-corrected chi connectivity index (χ0v) is 13.8. The summed E-state index contributed by atoms with van der Waals surface area (Å²) in [6.07, 6.45) is 1.73. The second kappa shape index (κ2) is 6.65. The summed E-state index contributed by atoms with van der Waals surface area (Å²) in [6, 6.07) is 29.2. The molecule has 122 valence electrons. The van der Waals surface area contributed by atoms with Crippen molar-refractivity contribution in [3.8, 4) is 22.5 Å². The first-order chi connectivity index (χ1) is 12.3. The van der Waals surface area contributed by atoms with Gasteiger partial charge in [-0.3, -0.25) is 0 Å². The van der Waals surface area contributed by atoms with Gasteiger partial charge in [-0.25, -0.2) is 4.98 Å². The highest BCUT2D eigenvalue weighted by Crippen LogP contribution is 2.30. The van der Waals surface area contributed by atoms with Crippen molar-refractivity contribution < 1.29 is 0 Å². The molecular formula is C22H19N3. The summed E-state index contributed by atoms with van der Waals surface area (Å²) in [5, 5.41) is 0. The number of pyridine rings is 1. The number of nitrogens with two attached hydrogens (primary N) is 1. The summed E-state index contributed by atoms with van der Waals surface area (Å²) in [7, 11) is 0. The van der Waals surface area contributed by atoms with E-state index < -0.39 is 0 Å². The summed E-state index contributed by atoms with van der Waals surface area (Å²) in [6.45, 7) is 0.682. The molecule has 4 rings (SSSR count). The second-order valence-corrected chi connectivity index (χ2v) is 5.97. The highest BCUT2D eigenvalue weighted by atomic mass is 15.0. The van der Waals surface area contributed by atoms with E-state index >= 15 is 0 Å². The zero-order valence-electron chi connectivity index (χ0n) is 13.8. The minimum atomic E-state index is 0.578. The molecule has 0 unspecified atom stereocenters. The standard InChI is InChI=1S/C22H19N3/c23-22-19(12-7-15-24-22)16-25-20(17-8-3-1-4-9-17)13-14-21(25)18-10-5-2-6-11-18/h1-15H,16H2,(H2,23,24). The van der Waals surface area contributed by atoms with E-state index in [0.29, 0.717) is 12.4 Å². The van der Waals surface area contributed by atoms with Crippen LogP contribution in [0.5, 0.6) is 0 Å². The molecule has 0 aliphatic heterocycles. The molecule has 3 heteroatoms. The summed E-state index contributed by atoms with van der Waals surface area (Å²) in [5.74, 6) is 0.578. The van der Waals surface area contributed by atoms with Gasteiger partial charge in [0.2, 0.25) is 0 Å². The molecule has 0 aliphatic carbocycles. The predicted molar refractivity (Wildman–Crippen MR) is 103 cm³/mol. The van der Waals surface area contributed by atoms with Crippen molar-refractivity contribution >= 4 is 5.82 Å². The van der Waals surface area contributed by atoms with Crippen LogP contribution in [0.25, 0.3) is 22.5 Å². The Morgan fingerprint density at radius 1 is 0.680 bits per heavy atom. The third-order valence-corrected chi connectivity index (χ3v) is 4.37. The summed E-state index contributed by atoms with van der Waals surface area (Å²) >= 11 is 0. The highest BCUT2D eigenvalue weighted by Gasteiger charge is 2.13. The van der Waals surface area contributed by atoms with Gasteiger partial charge in [-0.1, -0.05) is 66.7 Å². The van der Waals surface area contributed by atoms with Crippen molar-refractivity contribution in [1.29, 1.82) is 0 Å². The van der Waals surface area contributed by atoms with Gasteiger partial charge in [-0.2, -0.15) is 0 Å². The van der Waals surface area contributed by atoms with Gasteiger partial charge in [0.25, 0.3) is 0 Å². The summed E-state index contributed by atoms with van der Waals surface area (Å²) in [5.41, 5.74) is 11.8. The van der Waals surface area contributed by atoms with E-state index in [1.165, 1.54) is 22.5 Å². The molecule has 0 fully saturated rings. The number of hydrogen-bond donors (Lipinski definition) is 1. The molecule has 0 spiro atoms. The lowest BCUT2D eigenvalue weighted by Crippen LogP contribution is -2.07. The van der Waals surface area contributed by atoms with Crippen LogP contribution in [0, 0.1) is 0 Å². The zero-order chi connectivity index (χ0) is 17.1. The molecular weight excluding hydrogens is 306 g/mol. The van der Waals surface area contributed by atoms with Gasteiger partial charge in [0, 0.05) is 23.1 Å². The number of benzene rings is 2. The lowest BCUT2D eigenvalue weighted by atomic mass is 10.1. The summed E-state index contributed by atoms with van der Waals surface area (Å²) in [4.78, 5) is 4.23. The van der Waals surface area contributed by atoms with Crippen molar-refractivity contribution in [2.75, 3.05) is 5.73 Å². The molecule has 0 saturated heterocycles. The molecule has 2 aromatic carbocycles. The first-order valence-corrected chi connectivity index (χ1v) is 8.32. The number of nitrogen functional groups attached to an aromatic ring is 1. The van der Waals surface area contributed by atoms with Gasteiger partial charge in [0.15, 0.2) is 0 Å². The smallest absolute Gasteiger partial charge is 0.128 e. The van der Waals surface area contributed by atoms with Crippen molar-refractivity contribution in [2.24, 2.45) is 0 Å². The Balaban J connectivity index is 1.86. The van der Waals surface area contributed by atoms with Crippen LogP contribution < -0.4 is 5.73 Å². The predicted octanol–water partition coefficient (Wildman–Crippen LogP) is 4.85. The van der Waals surface area contributed by atoms with Crippen LogP contribution in [-0.4, -0.2) is 9.55 Å². The minimum Gasteiger partial charge on any atom is -0.383 e. The maximum Gasteiger partial charge on any atom is 0.128 e. The van der Waals surface area contributed by atoms with E-state index in [1.807, 2.05) is 24.3 Å². The monoisotopic (exact) mass is 325 g/mol. The fourth-order valence-electron chi connectivity index (χ4n) is 3.11. The van der Waals surface area contributed by atoms with Crippen LogP contribution in [0.2, 0.25) is 0 Å². The van der Waals surface area contributed by atoms with Gasteiger partial charge in [-0.15, -0.1) is 0 Å². The Labute approximate surface area is 147 Å². The molecule has 0 amide bonds. The average Bonchev–Trinajstić information content (AvgIpc) is 3.09. The molecule has 0 aliphatic rings. The lowest BCUT2D eigenvalue weighted by Gasteiger charge is -2.15. The van der Waals surface area contributed by atoms with Crippen LogP contribution >= 0.6 is 0 Å². The molecule has 0 atom stereocenters. The van der Waals surface area contributed by atoms with E-state index in [4.69, 9.17) is 5.73 Å². The van der Waals surface area contributed by atoms with Gasteiger partial charge >= 0.3 is 0 Å². The lowest BCUT2D eigenvalue weighted by molar-refractivity contribution is 0.820. The summed E-state index contributed by atoms with van der Waals surface area (Å²) < 4.78 is 2.30. The fourth-order valence-corrected chi connectivity index (χ4v) is 3.11. The Hall–Kier alpha value is -3.33. The third-order valence-electron chi connectivity index (χ3n) is 4.37. The van der Waals surface area contributed by atoms with Crippen LogP contribution in [0.4, 0.5) is 5.82 Å². The van der Waals surface area contributed by atoms with E-state index in [-0.39, 0.29) is 0 Å². The van der Waals surface area contributed by atoms with Crippen LogP contribution in [0.3, 0.4) is 0 Å². The van der Waals surface area contributed by atoms with Crippen molar-refractivity contribution in [3.63, 3.8) is 0 Å². The molecule has 3 nitrogen and oxygen atoms in total. The number of rotatable bonds is 4. The van der Waals surface area contributed by atoms with Gasteiger partial charge in [0.05, 0.1) is 6.54 Å². The largest absolute Gasteiger partial charge is 0.383 e. The van der Waals surface area contributed by atoms with E-state index in [9.17, 15) is 0 Å². The highest BCUT2D eigenvalue weighted by molar-refractivity contribution is 5.70. The number of aromatic nitrogens is 2. The maximum atomic E-state index is 6.09. The molecule has 0 radical (unpaired) electrons. The van der Waals surface area contributed by atoms with Crippen molar-refractivity contribution in [1.82, 2.24) is 9.55 Å². The Bertz CT molecular complexity index is 916. The Kier molecular flexibility index (Phi) is 4.05. The topological polar surface area (TPSA) is 43.8 Å². The van der Waals surface area contributed by atoms with Crippen molar-refractivity contribution in [2.45, 2.75) is 6.54 Å². The molecule has 0 bridgehead atoms. The molecule has 2 heterocycles. The molecule has 2 aromatic heterocycles.